The Bertz CT molecular complexity index is 2220. The molecule has 0 amide bonds. The smallest absolute Gasteiger partial charge is 0.223 e. The van der Waals surface area contributed by atoms with Crippen molar-refractivity contribution in [3.8, 4) is 11.3 Å². The summed E-state index contributed by atoms with van der Waals surface area (Å²) in [4.78, 5) is 21.4. The van der Waals surface area contributed by atoms with E-state index in [4.69, 9.17) is 13.8 Å². The number of furan rings is 2. The molecule has 2 aromatic carbocycles. The molecular weight excluding hydrogens is 845 g/mol. The van der Waals surface area contributed by atoms with Crippen LogP contribution in [0.15, 0.2) is 56.6 Å². The maximum Gasteiger partial charge on any atom is 0.223 e. The number of hydrogen-bond donors (Lipinski definition) is 1. The predicted molar refractivity (Wildman–Crippen MR) is 214 cm³/mol. The first-order chi connectivity index (χ1) is 24.0. The predicted octanol–water partition coefficient (Wildman–Crippen LogP) is 13.3. The number of aliphatic hydroxyl groups excluding tert-OH is 1. The zero-order valence-electron chi connectivity index (χ0n) is 33.0. The number of aryl methyl sites for hydroxylation is 1. The van der Waals surface area contributed by atoms with Gasteiger partial charge in [0.05, 0.1) is 0 Å². The third-order valence-electron chi connectivity index (χ3n) is 11.1. The molecule has 6 aromatic rings. The minimum Gasteiger partial charge on any atom is -0.512 e. The van der Waals surface area contributed by atoms with E-state index in [0.29, 0.717) is 11.6 Å². The van der Waals surface area contributed by atoms with E-state index in [-0.39, 0.29) is 47.9 Å². The van der Waals surface area contributed by atoms with Crippen LogP contribution in [-0.2, 0) is 36.7 Å². The Morgan fingerprint density at radius 3 is 2.15 bits per heavy atom. The quantitative estimate of drug-likeness (QED) is 0.0837. The molecule has 4 heterocycles. The summed E-state index contributed by atoms with van der Waals surface area (Å²) in [5.41, 5.74) is 6.00. The molecule has 52 heavy (non-hydrogen) atoms. The van der Waals surface area contributed by atoms with Crippen molar-refractivity contribution in [1.82, 2.24) is 9.97 Å². The summed E-state index contributed by atoms with van der Waals surface area (Å²) < 4.78 is 13.6. The molecule has 0 aliphatic rings. The van der Waals surface area contributed by atoms with Gasteiger partial charge < -0.3 is 13.9 Å². The van der Waals surface area contributed by atoms with Gasteiger partial charge in [0.2, 0.25) is 5.71 Å². The van der Waals surface area contributed by atoms with Crippen molar-refractivity contribution < 1.29 is 38.8 Å². The fourth-order valence-corrected chi connectivity index (χ4v) is 7.69. The second kappa shape index (κ2) is 16.0. The number of rotatable bonds is 10. The Balaban J connectivity index is 0.000000289. The zero-order valence-corrected chi connectivity index (χ0v) is 36.2. The average molecular weight is 900 g/mol. The number of ketones is 1. The number of benzene rings is 2. The summed E-state index contributed by atoms with van der Waals surface area (Å²) in [6.07, 6.45) is 7.31. The number of carbonyl (C=O) groups is 1. The van der Waals surface area contributed by atoms with Gasteiger partial charge in [0.15, 0.2) is 5.78 Å². The van der Waals surface area contributed by atoms with Crippen molar-refractivity contribution in [2.45, 2.75) is 121 Å². The van der Waals surface area contributed by atoms with E-state index in [1.54, 1.807) is 17.7 Å². The van der Waals surface area contributed by atoms with Crippen LogP contribution in [0, 0.1) is 29.7 Å². The summed E-state index contributed by atoms with van der Waals surface area (Å²) in [5.74, 6) is 1.80. The van der Waals surface area contributed by atoms with Gasteiger partial charge >= 0.3 is 0 Å². The number of fused-ring (bicyclic) bond motifs is 5. The Hall–Kier alpha value is -3.32. The second-order valence-electron chi connectivity index (χ2n) is 16.0. The van der Waals surface area contributed by atoms with Crippen molar-refractivity contribution in [3.05, 3.63) is 70.8 Å². The average Bonchev–Trinajstić information content (AvgIpc) is 3.80. The van der Waals surface area contributed by atoms with Gasteiger partial charge in [-0.3, -0.25) is 9.78 Å². The monoisotopic (exact) mass is 900 g/mol. The van der Waals surface area contributed by atoms with E-state index in [1.165, 1.54) is 21.9 Å². The molecule has 0 spiro atoms. The van der Waals surface area contributed by atoms with Gasteiger partial charge in [-0.2, -0.15) is 11.3 Å². The van der Waals surface area contributed by atoms with Crippen LogP contribution in [0.2, 0.25) is 0 Å². The topological polar surface area (TPSA) is 89.4 Å². The molecule has 0 bridgehead atoms. The molecule has 0 atom stereocenters. The molecule has 4 aromatic heterocycles. The SMILES string of the molecule is CCC(C)(CC)C(=O)/C=C(\O)C(C)(CC)CC.Cc1oc2cc3oc4ncnc(-c5[c-]c6ccsc6c(C(C)(C)C)c5)c4c3cc2c1CC(C)C.[Ir]. The molecule has 6 rings (SSSR count). The maximum atomic E-state index is 12.2. The summed E-state index contributed by atoms with van der Waals surface area (Å²) in [7, 11) is 0. The number of allylic oxidation sites excluding steroid dienone is 2. The van der Waals surface area contributed by atoms with Crippen molar-refractivity contribution in [1.29, 1.82) is 0 Å². The first-order valence-electron chi connectivity index (χ1n) is 18.5. The molecular formula is C44H55IrN2O4S-. The van der Waals surface area contributed by atoms with Crippen molar-refractivity contribution >= 4 is 60.2 Å². The minimum absolute atomic E-state index is 0. The molecule has 6 nitrogen and oxygen atoms in total. The first kappa shape index (κ1) is 41.4. The molecule has 0 fully saturated rings. The fourth-order valence-electron chi connectivity index (χ4n) is 6.61. The molecule has 1 radical (unpaired) electrons. The van der Waals surface area contributed by atoms with E-state index in [0.717, 1.165) is 81.8 Å². The zero-order chi connectivity index (χ0) is 37.5. The minimum atomic E-state index is -0.337. The number of nitrogens with zero attached hydrogens (tertiary/aromatic N) is 2. The number of hydrogen-bond acceptors (Lipinski definition) is 7. The number of carbonyl (C=O) groups excluding carboxylic acids is 1. The van der Waals surface area contributed by atoms with Crippen molar-refractivity contribution in [3.63, 3.8) is 0 Å². The molecule has 8 heteroatoms. The van der Waals surface area contributed by atoms with E-state index < -0.39 is 0 Å². The van der Waals surface area contributed by atoms with E-state index in [9.17, 15) is 9.90 Å². The number of aromatic nitrogens is 2. The van der Waals surface area contributed by atoms with Gasteiger partial charge in [-0.05, 0) is 66.5 Å². The van der Waals surface area contributed by atoms with Crippen LogP contribution in [0.4, 0.5) is 0 Å². The molecule has 0 saturated carbocycles. The molecule has 0 aliphatic heterocycles. The van der Waals surface area contributed by atoms with Crippen LogP contribution in [0.5, 0.6) is 0 Å². The van der Waals surface area contributed by atoms with Crippen molar-refractivity contribution in [2.24, 2.45) is 16.7 Å². The van der Waals surface area contributed by atoms with Crippen LogP contribution < -0.4 is 0 Å². The second-order valence-corrected chi connectivity index (χ2v) is 16.9. The molecule has 0 aliphatic carbocycles. The van der Waals surface area contributed by atoms with Crippen LogP contribution in [0.3, 0.4) is 0 Å². The third-order valence-corrected chi connectivity index (χ3v) is 12.1. The van der Waals surface area contributed by atoms with Gasteiger partial charge in [-0.1, -0.05) is 87.3 Å². The van der Waals surface area contributed by atoms with Gasteiger partial charge in [0, 0.05) is 70.5 Å². The Morgan fingerprint density at radius 1 is 0.923 bits per heavy atom. The van der Waals surface area contributed by atoms with Crippen LogP contribution in [0.25, 0.3) is 54.4 Å². The molecule has 0 unspecified atom stereocenters. The summed E-state index contributed by atoms with van der Waals surface area (Å²) in [6.45, 7) is 25.4. The van der Waals surface area contributed by atoms with Crippen LogP contribution >= 0.6 is 11.3 Å². The third kappa shape index (κ3) is 7.95. The van der Waals surface area contributed by atoms with Crippen LogP contribution in [0.1, 0.15) is 119 Å². The Kier molecular flexibility index (Phi) is 12.7. The van der Waals surface area contributed by atoms with E-state index in [2.05, 4.69) is 69.2 Å². The summed E-state index contributed by atoms with van der Waals surface area (Å²) >= 11 is 1.77. The standard InChI is InChI=1S/C29H27N2O2S.C15H28O2.Ir/c1-15(2)9-19-16(3)32-23-13-24-21(12-20(19)23)25-26(30-14-31-28(25)33-24)18-10-17-7-8-34-27(17)22(11-18)29(4,5)6;1-7-14(5,8-2)12(16)11-13(17)15(6,9-3)10-4;/h7-8,11-15H,9H2,1-6H3;11,16H,7-10H2,1-6H3;/q-1;;/b;12-11-;. The molecule has 0 saturated heterocycles. The largest absolute Gasteiger partial charge is 0.512 e. The Morgan fingerprint density at radius 2 is 1.56 bits per heavy atom. The summed E-state index contributed by atoms with van der Waals surface area (Å²) in [6, 6.07) is 12.2. The maximum absolute atomic E-state index is 12.2. The van der Waals surface area contributed by atoms with Gasteiger partial charge in [0.1, 0.15) is 29.0 Å². The number of aliphatic hydroxyl groups is 1. The van der Waals surface area contributed by atoms with Crippen LogP contribution in [-0.4, -0.2) is 20.9 Å². The molecule has 1 N–H and O–H groups in total. The van der Waals surface area contributed by atoms with E-state index >= 15 is 0 Å². The van der Waals surface area contributed by atoms with Gasteiger partial charge in [-0.25, -0.2) is 4.98 Å². The molecule has 281 valence electrons. The first-order valence-corrected chi connectivity index (χ1v) is 19.4. The normalized spacial score (nSPS) is 12.9. The van der Waals surface area contributed by atoms with Gasteiger partial charge in [0.25, 0.3) is 0 Å². The van der Waals surface area contributed by atoms with Gasteiger partial charge in [-0.15, -0.1) is 23.6 Å². The number of thiophene rings is 1. The fraction of sp³-hybridized carbons (Fsp3) is 0.477. The summed E-state index contributed by atoms with van der Waals surface area (Å²) in [5, 5.41) is 16.5. The Labute approximate surface area is 326 Å². The van der Waals surface area contributed by atoms with E-state index in [1.807, 2.05) is 54.5 Å². The van der Waals surface area contributed by atoms with Crippen molar-refractivity contribution in [2.75, 3.05) is 0 Å².